The van der Waals surface area contributed by atoms with Crippen molar-refractivity contribution in [2.24, 2.45) is 5.10 Å². The van der Waals surface area contributed by atoms with E-state index >= 15 is 0 Å². The van der Waals surface area contributed by atoms with Crippen LogP contribution in [0.15, 0.2) is 58.1 Å². The first-order valence-corrected chi connectivity index (χ1v) is 9.30. The molecule has 0 aliphatic rings. The molecule has 138 valence electrons. The first kappa shape index (κ1) is 19.2. The minimum Gasteiger partial charge on any atom is -0.507 e. The second-order valence-electron chi connectivity index (χ2n) is 6.00. The van der Waals surface area contributed by atoms with Gasteiger partial charge in [-0.25, -0.2) is 5.43 Å². The van der Waals surface area contributed by atoms with Crippen LogP contribution in [-0.2, 0) is 0 Å². The molecule has 0 saturated carbocycles. The molecule has 0 bridgehead atoms. The van der Waals surface area contributed by atoms with Crippen molar-refractivity contribution >= 4 is 39.7 Å². The monoisotopic (exact) mass is 445 g/mol. The Labute approximate surface area is 170 Å². The normalized spacial score (nSPS) is 11.1. The lowest BCUT2D eigenvalue weighted by Crippen LogP contribution is -2.17. The maximum Gasteiger partial charge on any atom is 0.275 e. The van der Waals surface area contributed by atoms with Crippen molar-refractivity contribution in [2.75, 3.05) is 0 Å². The molecule has 0 atom stereocenters. The number of halogens is 2. The summed E-state index contributed by atoms with van der Waals surface area (Å²) in [6.45, 7) is 3.96. The zero-order chi connectivity index (χ0) is 19.6. The molecule has 0 fully saturated rings. The van der Waals surface area contributed by atoms with Gasteiger partial charge in [-0.2, -0.15) is 5.10 Å². The van der Waals surface area contributed by atoms with Gasteiger partial charge in [-0.15, -0.1) is 0 Å². The van der Waals surface area contributed by atoms with Crippen molar-refractivity contribution in [1.29, 1.82) is 0 Å². The lowest BCUT2D eigenvalue weighted by molar-refractivity contribution is 0.0952. The Kier molecular flexibility index (Phi) is 5.68. The molecule has 1 heterocycles. The molecule has 1 amide bonds. The van der Waals surface area contributed by atoms with E-state index in [1.54, 1.807) is 12.3 Å². The standard InChI is InChI=1S/C20H17BrClN3O2/c1-12-8-14(13(2)25(12)17-5-3-4-16(22)10-17)11-23-24-20(27)18-9-15(21)6-7-19(18)26/h3-11,26H,1-2H3,(H,24,27)/b23-11+. The van der Waals surface area contributed by atoms with Crippen LogP contribution in [0.2, 0.25) is 5.02 Å². The molecule has 1 aromatic heterocycles. The summed E-state index contributed by atoms with van der Waals surface area (Å²) in [6.07, 6.45) is 1.58. The van der Waals surface area contributed by atoms with Gasteiger partial charge in [0.25, 0.3) is 5.91 Å². The van der Waals surface area contributed by atoms with Crippen molar-refractivity contribution in [3.63, 3.8) is 0 Å². The Morgan fingerprint density at radius 3 is 2.74 bits per heavy atom. The molecule has 0 aliphatic carbocycles. The van der Waals surface area contributed by atoms with E-state index in [1.807, 2.05) is 44.2 Å². The minimum atomic E-state index is -0.492. The second-order valence-corrected chi connectivity index (χ2v) is 7.35. The number of hydrazone groups is 1. The van der Waals surface area contributed by atoms with Crippen LogP contribution in [0.25, 0.3) is 5.69 Å². The molecule has 2 N–H and O–H groups in total. The SMILES string of the molecule is Cc1cc(/C=N/NC(=O)c2cc(Br)ccc2O)c(C)n1-c1cccc(Cl)c1. The van der Waals surface area contributed by atoms with E-state index in [1.165, 1.54) is 12.1 Å². The Morgan fingerprint density at radius 1 is 1.22 bits per heavy atom. The summed E-state index contributed by atoms with van der Waals surface area (Å²) in [7, 11) is 0. The van der Waals surface area contributed by atoms with Gasteiger partial charge in [-0.1, -0.05) is 33.6 Å². The van der Waals surface area contributed by atoms with Gasteiger partial charge in [0.05, 0.1) is 11.8 Å². The summed E-state index contributed by atoms with van der Waals surface area (Å²) in [5.41, 5.74) is 6.40. The molecular weight excluding hydrogens is 430 g/mol. The maximum atomic E-state index is 12.2. The number of aromatic hydroxyl groups is 1. The number of phenols is 1. The van der Waals surface area contributed by atoms with E-state index < -0.39 is 5.91 Å². The highest BCUT2D eigenvalue weighted by Gasteiger charge is 2.12. The zero-order valence-electron chi connectivity index (χ0n) is 14.7. The highest BCUT2D eigenvalue weighted by Crippen LogP contribution is 2.23. The highest BCUT2D eigenvalue weighted by molar-refractivity contribution is 9.10. The molecule has 0 aliphatic heterocycles. The predicted octanol–water partition coefficient (Wildman–Crippen LogP) is 4.98. The predicted molar refractivity (Wildman–Crippen MR) is 111 cm³/mol. The lowest BCUT2D eigenvalue weighted by Gasteiger charge is -2.09. The van der Waals surface area contributed by atoms with Crippen molar-refractivity contribution < 1.29 is 9.90 Å². The molecule has 0 saturated heterocycles. The number of phenolic OH excluding ortho intramolecular Hbond substituents is 1. The van der Waals surface area contributed by atoms with Gasteiger partial charge in [-0.05, 0) is 56.3 Å². The van der Waals surface area contributed by atoms with Gasteiger partial charge in [0, 0.05) is 32.1 Å². The molecular formula is C20H17BrClN3O2. The molecule has 0 unspecified atom stereocenters. The lowest BCUT2D eigenvalue weighted by atomic mass is 10.2. The van der Waals surface area contributed by atoms with Crippen molar-refractivity contribution in [1.82, 2.24) is 9.99 Å². The van der Waals surface area contributed by atoms with Gasteiger partial charge in [0.15, 0.2) is 0 Å². The van der Waals surface area contributed by atoms with E-state index in [2.05, 4.69) is 31.0 Å². The van der Waals surface area contributed by atoms with Crippen molar-refractivity contribution in [2.45, 2.75) is 13.8 Å². The summed E-state index contributed by atoms with van der Waals surface area (Å²) in [4.78, 5) is 12.2. The number of hydrogen-bond donors (Lipinski definition) is 2. The van der Waals surface area contributed by atoms with E-state index in [-0.39, 0.29) is 11.3 Å². The number of benzene rings is 2. The fourth-order valence-corrected chi connectivity index (χ4v) is 3.39. The molecule has 0 spiro atoms. The van der Waals surface area contributed by atoms with Crippen molar-refractivity contribution in [3.05, 3.63) is 80.5 Å². The van der Waals surface area contributed by atoms with Gasteiger partial charge in [0.2, 0.25) is 0 Å². The van der Waals surface area contributed by atoms with Crippen molar-refractivity contribution in [3.8, 4) is 11.4 Å². The third-order valence-electron chi connectivity index (χ3n) is 4.11. The zero-order valence-corrected chi connectivity index (χ0v) is 17.0. The smallest absolute Gasteiger partial charge is 0.275 e. The summed E-state index contributed by atoms with van der Waals surface area (Å²) in [5, 5.41) is 14.5. The molecule has 5 nitrogen and oxygen atoms in total. The van der Waals surface area contributed by atoms with Crippen LogP contribution in [0.5, 0.6) is 5.75 Å². The van der Waals surface area contributed by atoms with E-state index in [0.717, 1.165) is 22.6 Å². The number of rotatable bonds is 4. The Bertz CT molecular complexity index is 1040. The average Bonchev–Trinajstić information content (AvgIpc) is 2.90. The van der Waals surface area contributed by atoms with E-state index in [0.29, 0.717) is 9.50 Å². The summed E-state index contributed by atoms with van der Waals surface area (Å²) in [5.74, 6) is -0.598. The van der Waals surface area contributed by atoms with Crippen LogP contribution in [-0.4, -0.2) is 21.8 Å². The average molecular weight is 447 g/mol. The van der Waals surface area contributed by atoms with E-state index in [9.17, 15) is 9.90 Å². The number of nitrogens with one attached hydrogen (secondary N) is 1. The third-order valence-corrected chi connectivity index (χ3v) is 4.84. The van der Waals surface area contributed by atoms with Gasteiger partial charge in [-0.3, -0.25) is 4.79 Å². The number of carbonyl (C=O) groups excluding carboxylic acids is 1. The Hall–Kier alpha value is -2.57. The minimum absolute atomic E-state index is 0.106. The second kappa shape index (κ2) is 7.98. The summed E-state index contributed by atoms with van der Waals surface area (Å²) in [6, 6.07) is 14.2. The topological polar surface area (TPSA) is 66.6 Å². The van der Waals surface area contributed by atoms with Gasteiger partial charge < -0.3 is 9.67 Å². The molecule has 3 aromatic rings. The number of carbonyl (C=O) groups is 1. The summed E-state index contributed by atoms with van der Waals surface area (Å²) < 4.78 is 2.76. The van der Waals surface area contributed by atoms with Crippen LogP contribution in [0, 0.1) is 13.8 Å². The highest BCUT2D eigenvalue weighted by atomic mass is 79.9. The fourth-order valence-electron chi connectivity index (χ4n) is 2.84. The number of hydrogen-bond acceptors (Lipinski definition) is 3. The quantitative estimate of drug-likeness (QED) is 0.438. The number of nitrogens with zero attached hydrogens (tertiary/aromatic N) is 2. The first-order valence-electron chi connectivity index (χ1n) is 8.13. The molecule has 2 aromatic carbocycles. The number of aryl methyl sites for hydroxylation is 1. The van der Waals surface area contributed by atoms with Crippen LogP contribution >= 0.6 is 27.5 Å². The van der Waals surface area contributed by atoms with Crippen LogP contribution < -0.4 is 5.43 Å². The number of aromatic nitrogens is 1. The Balaban J connectivity index is 1.81. The molecule has 27 heavy (non-hydrogen) atoms. The fraction of sp³-hybridized carbons (Fsp3) is 0.100. The van der Waals surface area contributed by atoms with Crippen LogP contribution in [0.3, 0.4) is 0 Å². The molecule has 7 heteroatoms. The molecule has 0 radical (unpaired) electrons. The van der Waals surface area contributed by atoms with E-state index in [4.69, 9.17) is 11.6 Å². The van der Waals surface area contributed by atoms with Crippen LogP contribution in [0.4, 0.5) is 0 Å². The van der Waals surface area contributed by atoms with Crippen LogP contribution in [0.1, 0.15) is 27.3 Å². The molecule has 3 rings (SSSR count). The number of amides is 1. The third kappa shape index (κ3) is 4.23. The maximum absolute atomic E-state index is 12.2. The van der Waals surface area contributed by atoms with Gasteiger partial charge >= 0.3 is 0 Å². The van der Waals surface area contributed by atoms with Gasteiger partial charge in [0.1, 0.15) is 5.75 Å². The first-order chi connectivity index (χ1) is 12.9. The Morgan fingerprint density at radius 2 is 2.00 bits per heavy atom. The largest absolute Gasteiger partial charge is 0.507 e. The summed E-state index contributed by atoms with van der Waals surface area (Å²) >= 11 is 9.37.